The van der Waals surface area contributed by atoms with Crippen molar-refractivity contribution in [1.82, 2.24) is 24.3 Å². The van der Waals surface area contributed by atoms with Crippen LogP contribution in [0, 0.1) is 11.6 Å². The van der Waals surface area contributed by atoms with Crippen molar-refractivity contribution in [2.75, 3.05) is 17.2 Å². The summed E-state index contributed by atoms with van der Waals surface area (Å²) in [6.07, 6.45) is 4.99. The Kier molecular flexibility index (Phi) is 7.66. The van der Waals surface area contributed by atoms with E-state index in [0.29, 0.717) is 29.7 Å². The van der Waals surface area contributed by atoms with Crippen molar-refractivity contribution in [2.24, 2.45) is 0 Å². The number of halogens is 2. The number of hydrogen-bond acceptors (Lipinski definition) is 8. The summed E-state index contributed by atoms with van der Waals surface area (Å²) < 4.78 is 36.8. The number of benzene rings is 2. The Labute approximate surface area is 247 Å². The van der Waals surface area contributed by atoms with Crippen molar-refractivity contribution in [3.05, 3.63) is 99.0 Å². The first kappa shape index (κ1) is 28.7. The van der Waals surface area contributed by atoms with Gasteiger partial charge >= 0.3 is 5.69 Å². The molecular formula is C30H27F2N7O5. The Morgan fingerprint density at radius 1 is 1.14 bits per heavy atom. The van der Waals surface area contributed by atoms with Crippen LogP contribution in [0.5, 0.6) is 11.5 Å². The molecule has 12 nitrogen and oxygen atoms in total. The van der Waals surface area contributed by atoms with E-state index in [1.807, 2.05) is 0 Å². The van der Waals surface area contributed by atoms with Gasteiger partial charge in [0.25, 0.3) is 11.5 Å². The molecule has 2 aromatic carbocycles. The number of amides is 1. The molecule has 1 amide bonds. The van der Waals surface area contributed by atoms with Crippen molar-refractivity contribution in [3.8, 4) is 17.2 Å². The van der Waals surface area contributed by atoms with Crippen LogP contribution in [-0.2, 0) is 0 Å². The molecule has 4 N–H and O–H groups in total. The second kappa shape index (κ2) is 11.7. The quantitative estimate of drug-likeness (QED) is 0.196. The maximum Gasteiger partial charge on any atom is 0.335 e. The van der Waals surface area contributed by atoms with Crippen molar-refractivity contribution >= 4 is 28.4 Å². The lowest BCUT2D eigenvalue weighted by Gasteiger charge is -2.28. The fraction of sp³-hybridized carbons (Fsp3) is 0.233. The molecule has 226 valence electrons. The fourth-order valence-corrected chi connectivity index (χ4v) is 4.84. The lowest BCUT2D eigenvalue weighted by atomic mass is 9.93. The zero-order chi connectivity index (χ0) is 31.0. The summed E-state index contributed by atoms with van der Waals surface area (Å²) in [7, 11) is 0. The third-order valence-corrected chi connectivity index (χ3v) is 7.40. The van der Waals surface area contributed by atoms with Crippen LogP contribution in [0.2, 0.25) is 0 Å². The molecule has 1 saturated carbocycles. The number of nitrogens with zero attached hydrogens (tertiary/aromatic N) is 4. The summed E-state index contributed by atoms with van der Waals surface area (Å²) in [4.78, 5) is 44.1. The van der Waals surface area contributed by atoms with Gasteiger partial charge in [-0.05, 0) is 62.6 Å². The van der Waals surface area contributed by atoms with E-state index in [1.165, 1.54) is 47.3 Å². The number of carbonyl (C=O) groups is 1. The minimum atomic E-state index is -0.892. The van der Waals surface area contributed by atoms with Gasteiger partial charge in [-0.3, -0.25) is 19.3 Å². The van der Waals surface area contributed by atoms with Crippen LogP contribution >= 0.6 is 0 Å². The zero-order valence-electron chi connectivity index (χ0n) is 23.4. The van der Waals surface area contributed by atoms with E-state index in [9.17, 15) is 23.9 Å². The summed E-state index contributed by atoms with van der Waals surface area (Å²) in [6.45, 7) is 1.61. The van der Waals surface area contributed by atoms with Crippen LogP contribution in [0.4, 0.5) is 20.3 Å². The molecule has 0 bridgehead atoms. The number of anilines is 2. The summed E-state index contributed by atoms with van der Waals surface area (Å²) in [5.41, 5.74) is -1.33. The number of fused-ring (bicyclic) bond motifs is 1. The second-order valence-electron chi connectivity index (χ2n) is 10.5. The highest BCUT2D eigenvalue weighted by molar-refractivity contribution is 6.04. The molecule has 1 atom stereocenters. The fourth-order valence-electron chi connectivity index (χ4n) is 4.84. The van der Waals surface area contributed by atoms with Gasteiger partial charge in [-0.1, -0.05) is 0 Å². The lowest BCUT2D eigenvalue weighted by Crippen LogP contribution is -2.44. The molecule has 14 heteroatoms. The van der Waals surface area contributed by atoms with Gasteiger partial charge in [-0.15, -0.1) is 0 Å². The Morgan fingerprint density at radius 3 is 2.59 bits per heavy atom. The zero-order valence-corrected chi connectivity index (χ0v) is 23.4. The van der Waals surface area contributed by atoms with Gasteiger partial charge in [0.2, 0.25) is 0 Å². The molecule has 5 aromatic rings. The van der Waals surface area contributed by atoms with Crippen LogP contribution in [0.3, 0.4) is 0 Å². The van der Waals surface area contributed by atoms with Gasteiger partial charge < -0.3 is 20.5 Å². The highest BCUT2D eigenvalue weighted by Gasteiger charge is 2.26. The Hall–Kier alpha value is -5.37. The number of aromatic nitrogens is 5. The van der Waals surface area contributed by atoms with Crippen molar-refractivity contribution in [1.29, 1.82) is 0 Å². The van der Waals surface area contributed by atoms with Gasteiger partial charge in [0.1, 0.15) is 22.5 Å². The first-order valence-corrected chi connectivity index (χ1v) is 13.9. The largest absolute Gasteiger partial charge is 0.453 e. The van der Waals surface area contributed by atoms with Gasteiger partial charge in [0.15, 0.2) is 23.0 Å². The second-order valence-corrected chi connectivity index (χ2v) is 10.5. The predicted octanol–water partition coefficient (Wildman–Crippen LogP) is 4.11. The standard InChI is InChI=1S/C30H27F2N7O5/c1-16(15-40)34-27-25-24(11-12-33-26(25)36-37-27)44-23-10-7-18(13-22(23)32)35-28(41)21-14-38(19-3-2-4-19)30(43)39(29(21)42)20-8-5-17(31)6-9-20/h5-14,16,19,40H,2-4,15H2,1H3,(H,35,41)(H2,33,34,36,37)/t16-/m1/s1. The number of carbonyl (C=O) groups excluding carboxylic acids is 1. The molecule has 3 aromatic heterocycles. The van der Waals surface area contributed by atoms with E-state index in [-0.39, 0.29) is 47.1 Å². The minimum Gasteiger partial charge on any atom is -0.453 e. The van der Waals surface area contributed by atoms with Crippen molar-refractivity contribution in [3.63, 3.8) is 0 Å². The SMILES string of the molecule is C[C@H](CO)Nc1n[nH]c2nccc(Oc3ccc(NC(=O)c4cn(C5CCC5)c(=O)n(-c5ccc(F)cc5)c4=O)cc3F)c12. The summed E-state index contributed by atoms with van der Waals surface area (Å²) in [5, 5.41) is 22.3. The van der Waals surface area contributed by atoms with Crippen LogP contribution < -0.4 is 26.6 Å². The number of pyridine rings is 1. The Balaban J connectivity index is 1.29. The Morgan fingerprint density at radius 2 is 1.91 bits per heavy atom. The average Bonchev–Trinajstić information content (AvgIpc) is 3.39. The van der Waals surface area contributed by atoms with Crippen molar-refractivity contribution in [2.45, 2.75) is 38.3 Å². The minimum absolute atomic E-state index is 0.0382. The van der Waals surface area contributed by atoms with E-state index in [0.717, 1.165) is 29.2 Å². The van der Waals surface area contributed by atoms with Gasteiger partial charge in [0, 0.05) is 42.3 Å². The molecule has 0 unspecified atom stereocenters. The van der Waals surface area contributed by atoms with Crippen molar-refractivity contribution < 1.29 is 23.4 Å². The number of aromatic amines is 1. The topological polar surface area (TPSA) is 156 Å². The number of ether oxygens (including phenoxy) is 1. The van der Waals surface area contributed by atoms with Crippen LogP contribution in [-0.4, -0.2) is 48.0 Å². The van der Waals surface area contributed by atoms with Crippen LogP contribution in [0.15, 0.2) is 70.5 Å². The maximum atomic E-state index is 15.2. The molecule has 0 radical (unpaired) electrons. The molecule has 1 fully saturated rings. The summed E-state index contributed by atoms with van der Waals surface area (Å²) in [6, 6.07) is 9.57. The van der Waals surface area contributed by atoms with Crippen LogP contribution in [0.25, 0.3) is 16.7 Å². The number of aliphatic hydroxyl groups excluding tert-OH is 1. The molecule has 44 heavy (non-hydrogen) atoms. The third-order valence-electron chi connectivity index (χ3n) is 7.40. The number of hydrogen-bond donors (Lipinski definition) is 4. The van der Waals surface area contributed by atoms with E-state index in [2.05, 4.69) is 25.8 Å². The molecular weight excluding hydrogens is 576 g/mol. The predicted molar refractivity (Wildman–Crippen MR) is 158 cm³/mol. The van der Waals surface area contributed by atoms with Gasteiger partial charge in [0.05, 0.1) is 12.3 Å². The summed E-state index contributed by atoms with van der Waals surface area (Å²) >= 11 is 0. The molecule has 3 heterocycles. The third kappa shape index (κ3) is 5.42. The summed E-state index contributed by atoms with van der Waals surface area (Å²) in [5.74, 6) is -1.76. The number of rotatable bonds is 9. The molecule has 0 saturated heterocycles. The molecule has 6 rings (SSSR count). The van der Waals surface area contributed by atoms with E-state index in [1.54, 1.807) is 6.92 Å². The monoisotopic (exact) mass is 603 g/mol. The average molecular weight is 604 g/mol. The van der Waals surface area contributed by atoms with E-state index in [4.69, 9.17) is 4.74 Å². The van der Waals surface area contributed by atoms with Gasteiger partial charge in [-0.25, -0.2) is 23.1 Å². The van der Waals surface area contributed by atoms with E-state index < -0.39 is 28.8 Å². The van der Waals surface area contributed by atoms with E-state index >= 15 is 4.39 Å². The first-order chi connectivity index (χ1) is 21.2. The maximum absolute atomic E-state index is 15.2. The normalized spacial score (nSPS) is 13.8. The smallest absolute Gasteiger partial charge is 0.335 e. The Bertz CT molecular complexity index is 1980. The van der Waals surface area contributed by atoms with Crippen LogP contribution in [0.1, 0.15) is 42.6 Å². The van der Waals surface area contributed by atoms with Gasteiger partial charge in [-0.2, -0.15) is 5.10 Å². The highest BCUT2D eigenvalue weighted by Crippen LogP contribution is 2.35. The molecule has 0 spiro atoms. The lowest BCUT2D eigenvalue weighted by molar-refractivity contribution is 0.102. The molecule has 1 aliphatic carbocycles. The molecule has 0 aliphatic heterocycles. The molecule has 1 aliphatic rings. The highest BCUT2D eigenvalue weighted by atomic mass is 19.1. The number of aliphatic hydroxyl groups is 1. The first-order valence-electron chi connectivity index (χ1n) is 13.9. The number of nitrogens with one attached hydrogen (secondary N) is 3. The number of H-pyrrole nitrogens is 1.